The normalized spacial score (nSPS) is 13.3. The van der Waals surface area contributed by atoms with Crippen LogP contribution in [0.3, 0.4) is 0 Å². The van der Waals surface area contributed by atoms with E-state index in [4.69, 9.17) is 19.4 Å². The monoisotopic (exact) mass is 803 g/mol. The molecule has 0 aliphatic heterocycles. The molecule has 6 heteroatoms. The van der Waals surface area contributed by atoms with E-state index in [0.29, 0.717) is 17.5 Å². The number of fused-ring (bicyclic) bond motifs is 12. The van der Waals surface area contributed by atoms with E-state index in [0.717, 1.165) is 55.0 Å². The van der Waals surface area contributed by atoms with Crippen molar-refractivity contribution in [3.05, 3.63) is 175 Å². The molecule has 4 aromatic heterocycles. The maximum Gasteiger partial charge on any atom is 0.164 e. The van der Waals surface area contributed by atoms with Gasteiger partial charge in [0.1, 0.15) is 11.2 Å². The summed E-state index contributed by atoms with van der Waals surface area (Å²) in [5, 5.41) is 6.76. The van der Waals surface area contributed by atoms with E-state index in [2.05, 4.69) is 166 Å². The van der Waals surface area contributed by atoms with Crippen molar-refractivity contribution in [1.29, 1.82) is 0 Å². The summed E-state index contributed by atoms with van der Waals surface area (Å²) in [6.07, 6.45) is 0. The smallest absolute Gasteiger partial charge is 0.164 e. The quantitative estimate of drug-likeness (QED) is 0.178. The van der Waals surface area contributed by atoms with Crippen LogP contribution >= 0.6 is 22.7 Å². The minimum atomic E-state index is -0.0884. The fourth-order valence-electron chi connectivity index (χ4n) is 9.74. The zero-order valence-electron chi connectivity index (χ0n) is 32.7. The van der Waals surface area contributed by atoms with Gasteiger partial charge in [0, 0.05) is 73.2 Å². The van der Waals surface area contributed by atoms with E-state index in [1.165, 1.54) is 57.4 Å². The first-order chi connectivity index (χ1) is 29.5. The Morgan fingerprint density at radius 2 is 0.883 bits per heavy atom. The van der Waals surface area contributed by atoms with Crippen molar-refractivity contribution in [2.45, 2.75) is 19.3 Å². The van der Waals surface area contributed by atoms with Gasteiger partial charge in [-0.3, -0.25) is 0 Å². The SMILES string of the molecule is CC1(C)c2ccccc2-c2ccc(-c3ccc4oc5cccc(-c6nc(-c7cccc8sc9ccccc9c78)nc(-c7cccc8sc9ccccc9c78)n6)c5c4c3)cc21. The predicted octanol–water partition coefficient (Wildman–Crippen LogP) is 15.5. The van der Waals surface area contributed by atoms with Crippen molar-refractivity contribution in [2.24, 2.45) is 0 Å². The lowest BCUT2D eigenvalue weighted by atomic mass is 9.81. The Hall–Kier alpha value is -6.99. The van der Waals surface area contributed by atoms with Gasteiger partial charge < -0.3 is 4.42 Å². The fraction of sp³-hybridized carbons (Fsp3) is 0.0556. The maximum atomic E-state index is 6.61. The summed E-state index contributed by atoms with van der Waals surface area (Å²) < 4.78 is 11.5. The summed E-state index contributed by atoms with van der Waals surface area (Å²) in [6.45, 7) is 4.67. The van der Waals surface area contributed by atoms with Gasteiger partial charge in [0.25, 0.3) is 0 Å². The highest BCUT2D eigenvalue weighted by Crippen LogP contribution is 2.50. The summed E-state index contributed by atoms with van der Waals surface area (Å²) in [6, 6.07) is 58.7. The second-order valence-corrected chi connectivity index (χ2v) is 18.5. The Morgan fingerprint density at radius 1 is 0.383 bits per heavy atom. The standard InChI is InChI=1S/C54H33N3OS2/c1-54(2)40-18-6-3-12-32(40)33-26-24-31(29-41(33)54)30-25-27-42-39(28-30)48-36(15-9-19-43(48)58-42)51-55-52(37-16-10-22-46-49(37)34-13-4-7-20-44(34)59-46)57-53(56-51)38-17-11-23-47-50(38)35-14-5-8-21-45(35)60-47/h3-29H,1-2H3. The summed E-state index contributed by atoms with van der Waals surface area (Å²) in [5.74, 6) is 1.90. The molecular formula is C54H33N3OS2. The van der Waals surface area contributed by atoms with Gasteiger partial charge in [-0.1, -0.05) is 129 Å². The van der Waals surface area contributed by atoms with Gasteiger partial charge in [-0.15, -0.1) is 22.7 Å². The van der Waals surface area contributed by atoms with Gasteiger partial charge in [0.05, 0.1) is 0 Å². The fourth-order valence-corrected chi connectivity index (χ4v) is 12.0. The minimum absolute atomic E-state index is 0.0884. The molecule has 4 nitrogen and oxygen atoms in total. The number of rotatable bonds is 4. The Bertz CT molecular complexity index is 3640. The molecule has 12 aromatic rings. The van der Waals surface area contributed by atoms with Crippen LogP contribution in [0.15, 0.2) is 168 Å². The third-order valence-corrected chi connectivity index (χ3v) is 14.8. The molecule has 0 fully saturated rings. The number of hydrogen-bond acceptors (Lipinski definition) is 6. The Labute approximate surface area is 353 Å². The molecule has 0 bridgehead atoms. The van der Waals surface area contributed by atoms with E-state index in [9.17, 15) is 0 Å². The van der Waals surface area contributed by atoms with Gasteiger partial charge in [-0.2, -0.15) is 0 Å². The van der Waals surface area contributed by atoms with Crippen LogP contribution in [0.25, 0.3) is 119 Å². The molecule has 1 aliphatic carbocycles. The summed E-state index contributed by atoms with van der Waals surface area (Å²) >= 11 is 3.60. The molecule has 0 radical (unpaired) electrons. The summed E-state index contributed by atoms with van der Waals surface area (Å²) in [5.41, 5.74) is 12.1. The second kappa shape index (κ2) is 12.5. The number of benzene rings is 8. The third-order valence-electron chi connectivity index (χ3n) is 12.6. The average Bonchev–Trinajstić information content (AvgIpc) is 4.04. The highest BCUT2D eigenvalue weighted by Gasteiger charge is 2.35. The van der Waals surface area contributed by atoms with Gasteiger partial charge in [0.2, 0.25) is 0 Å². The van der Waals surface area contributed by atoms with E-state index in [1.807, 2.05) is 12.1 Å². The van der Waals surface area contributed by atoms with Gasteiger partial charge in [0.15, 0.2) is 17.5 Å². The molecule has 0 saturated carbocycles. The molecule has 0 N–H and O–H groups in total. The van der Waals surface area contributed by atoms with Crippen LogP contribution < -0.4 is 0 Å². The zero-order chi connectivity index (χ0) is 39.7. The lowest BCUT2D eigenvalue weighted by molar-refractivity contribution is 0.660. The summed E-state index contributed by atoms with van der Waals surface area (Å²) in [7, 11) is 0. The Morgan fingerprint density at radius 3 is 1.55 bits per heavy atom. The second-order valence-electron chi connectivity index (χ2n) is 16.3. The van der Waals surface area contributed by atoms with Gasteiger partial charge in [-0.05, 0) is 81.9 Å². The first-order valence-corrected chi connectivity index (χ1v) is 21.9. The van der Waals surface area contributed by atoms with Gasteiger partial charge in [-0.25, -0.2) is 15.0 Å². The minimum Gasteiger partial charge on any atom is -0.456 e. The molecule has 0 saturated heterocycles. The van der Waals surface area contributed by atoms with Crippen molar-refractivity contribution >= 4 is 85.0 Å². The number of thiophene rings is 2. The molecule has 13 rings (SSSR count). The lowest BCUT2D eigenvalue weighted by Gasteiger charge is -2.22. The van der Waals surface area contributed by atoms with Crippen LogP contribution in [0.4, 0.5) is 0 Å². The molecule has 4 heterocycles. The molecule has 60 heavy (non-hydrogen) atoms. The zero-order valence-corrected chi connectivity index (χ0v) is 34.3. The third kappa shape index (κ3) is 4.86. The molecule has 0 spiro atoms. The molecule has 1 aliphatic rings. The van der Waals surface area contributed by atoms with E-state index in [1.54, 1.807) is 22.7 Å². The predicted molar refractivity (Wildman–Crippen MR) is 252 cm³/mol. The van der Waals surface area contributed by atoms with Gasteiger partial charge >= 0.3 is 0 Å². The molecular weight excluding hydrogens is 771 g/mol. The average molecular weight is 804 g/mol. The van der Waals surface area contributed by atoms with Crippen LogP contribution in [0.1, 0.15) is 25.0 Å². The Kier molecular flexibility index (Phi) is 7.07. The number of furan rings is 1. The maximum absolute atomic E-state index is 6.61. The van der Waals surface area contributed by atoms with Crippen molar-refractivity contribution in [3.63, 3.8) is 0 Å². The van der Waals surface area contributed by atoms with Crippen LogP contribution in [-0.4, -0.2) is 15.0 Å². The molecule has 282 valence electrons. The molecule has 8 aromatic carbocycles. The van der Waals surface area contributed by atoms with Crippen LogP contribution in [0.5, 0.6) is 0 Å². The van der Waals surface area contributed by atoms with E-state index >= 15 is 0 Å². The van der Waals surface area contributed by atoms with E-state index in [-0.39, 0.29) is 5.41 Å². The number of hydrogen-bond donors (Lipinski definition) is 0. The summed E-state index contributed by atoms with van der Waals surface area (Å²) in [4.78, 5) is 16.2. The van der Waals surface area contributed by atoms with Crippen LogP contribution in [0, 0.1) is 0 Å². The van der Waals surface area contributed by atoms with Crippen molar-refractivity contribution in [3.8, 4) is 56.4 Å². The lowest BCUT2D eigenvalue weighted by Crippen LogP contribution is -2.14. The Balaban J connectivity index is 1.05. The van der Waals surface area contributed by atoms with E-state index < -0.39 is 0 Å². The molecule has 0 atom stereocenters. The first kappa shape index (κ1) is 33.9. The number of nitrogens with zero attached hydrogens (tertiary/aromatic N) is 3. The highest BCUT2D eigenvalue weighted by molar-refractivity contribution is 7.26. The molecule has 0 amide bonds. The van der Waals surface area contributed by atoms with Crippen molar-refractivity contribution in [1.82, 2.24) is 15.0 Å². The van der Waals surface area contributed by atoms with Crippen molar-refractivity contribution in [2.75, 3.05) is 0 Å². The van der Waals surface area contributed by atoms with Crippen molar-refractivity contribution < 1.29 is 4.42 Å². The first-order valence-electron chi connectivity index (χ1n) is 20.3. The molecule has 0 unspecified atom stereocenters. The largest absolute Gasteiger partial charge is 0.456 e. The highest BCUT2D eigenvalue weighted by atomic mass is 32.1. The topological polar surface area (TPSA) is 51.8 Å². The van der Waals surface area contributed by atoms with Crippen LogP contribution in [0.2, 0.25) is 0 Å². The number of aromatic nitrogens is 3. The van der Waals surface area contributed by atoms with Crippen LogP contribution in [-0.2, 0) is 5.41 Å².